The predicted octanol–water partition coefficient (Wildman–Crippen LogP) is 6.56. The maximum Gasteiger partial charge on any atom is 0.212 e. The van der Waals surface area contributed by atoms with Crippen LogP contribution in [-0.2, 0) is 17.6 Å². The van der Waals surface area contributed by atoms with Crippen molar-refractivity contribution in [3.05, 3.63) is 95.2 Å². The zero-order valence-electron chi connectivity index (χ0n) is 18.9. The molecule has 3 rings (SSSR count). The van der Waals surface area contributed by atoms with Crippen molar-refractivity contribution in [3.63, 3.8) is 0 Å². The fourth-order valence-electron chi connectivity index (χ4n) is 2.59. The van der Waals surface area contributed by atoms with E-state index in [9.17, 15) is 13.6 Å². The van der Waals surface area contributed by atoms with E-state index in [2.05, 4.69) is 11.9 Å². The van der Waals surface area contributed by atoms with Gasteiger partial charge in [-0.2, -0.15) is 0 Å². The van der Waals surface area contributed by atoms with Gasteiger partial charge in [-0.1, -0.05) is 63.2 Å². The molecule has 31 heavy (non-hydrogen) atoms. The smallest absolute Gasteiger partial charge is 0.212 e. The number of pyridine rings is 1. The summed E-state index contributed by atoms with van der Waals surface area (Å²) in [6, 6.07) is 17.6. The van der Waals surface area contributed by atoms with Crippen molar-refractivity contribution < 1.29 is 18.3 Å². The highest BCUT2D eigenvalue weighted by molar-refractivity contribution is 5.82. The SMILES string of the molecule is CC(=O)[C@H](C)c1ccccc1.CCc1c(F)cccc1F.CCc1ccc(OC)nc1. The first-order valence-electron chi connectivity index (χ1n) is 10.3. The van der Waals surface area contributed by atoms with E-state index in [1.54, 1.807) is 21.0 Å². The molecule has 0 aliphatic carbocycles. The van der Waals surface area contributed by atoms with Gasteiger partial charge in [0, 0.05) is 23.7 Å². The van der Waals surface area contributed by atoms with Crippen molar-refractivity contribution >= 4 is 5.78 Å². The third kappa shape index (κ3) is 9.08. The van der Waals surface area contributed by atoms with E-state index in [0.29, 0.717) is 12.3 Å². The number of carbonyl (C=O) groups excluding carboxylic acids is 1. The Balaban J connectivity index is 0.000000233. The minimum atomic E-state index is -0.456. The summed E-state index contributed by atoms with van der Waals surface area (Å²) in [6.07, 6.45) is 3.26. The van der Waals surface area contributed by atoms with Crippen LogP contribution in [0.4, 0.5) is 8.78 Å². The number of aryl methyl sites for hydroxylation is 1. The van der Waals surface area contributed by atoms with Crippen LogP contribution >= 0.6 is 0 Å². The van der Waals surface area contributed by atoms with Crippen molar-refractivity contribution in [2.24, 2.45) is 0 Å². The van der Waals surface area contributed by atoms with Gasteiger partial charge >= 0.3 is 0 Å². The summed E-state index contributed by atoms with van der Waals surface area (Å²) in [5, 5.41) is 0. The fourth-order valence-corrected chi connectivity index (χ4v) is 2.59. The molecule has 0 aliphatic heterocycles. The topological polar surface area (TPSA) is 39.2 Å². The Labute approximate surface area is 184 Å². The van der Waals surface area contributed by atoms with Gasteiger partial charge in [-0.25, -0.2) is 13.8 Å². The quantitative estimate of drug-likeness (QED) is 0.463. The van der Waals surface area contributed by atoms with Crippen LogP contribution in [0.2, 0.25) is 0 Å². The average Bonchev–Trinajstić information content (AvgIpc) is 2.80. The molecule has 0 amide bonds. The molecule has 166 valence electrons. The Bertz CT molecular complexity index is 869. The first kappa shape index (κ1) is 26.0. The van der Waals surface area contributed by atoms with E-state index < -0.39 is 11.6 Å². The molecular weight excluding hydrogens is 396 g/mol. The Morgan fingerprint density at radius 1 is 0.935 bits per heavy atom. The summed E-state index contributed by atoms with van der Waals surface area (Å²) in [5.41, 5.74) is 2.50. The average molecular weight is 428 g/mol. The first-order chi connectivity index (χ1) is 14.8. The molecule has 0 aliphatic rings. The van der Waals surface area contributed by atoms with Crippen molar-refractivity contribution in [2.45, 2.75) is 46.5 Å². The molecule has 0 saturated carbocycles. The fraction of sp³-hybridized carbons (Fsp3) is 0.308. The molecule has 3 aromatic rings. The molecule has 5 heteroatoms. The molecule has 0 unspecified atom stereocenters. The van der Waals surface area contributed by atoms with Crippen LogP contribution in [0.3, 0.4) is 0 Å². The lowest BCUT2D eigenvalue weighted by molar-refractivity contribution is -0.118. The number of nitrogens with zero attached hydrogens (tertiary/aromatic N) is 1. The van der Waals surface area contributed by atoms with Crippen LogP contribution in [0.5, 0.6) is 5.88 Å². The van der Waals surface area contributed by atoms with Gasteiger partial charge in [0.05, 0.1) is 7.11 Å². The largest absolute Gasteiger partial charge is 0.481 e. The van der Waals surface area contributed by atoms with Crippen molar-refractivity contribution in [1.29, 1.82) is 0 Å². The number of halogens is 2. The number of hydrogen-bond acceptors (Lipinski definition) is 3. The molecule has 2 aromatic carbocycles. The Morgan fingerprint density at radius 3 is 1.94 bits per heavy atom. The number of aromatic nitrogens is 1. The van der Waals surface area contributed by atoms with E-state index in [1.807, 2.05) is 55.6 Å². The summed E-state index contributed by atoms with van der Waals surface area (Å²) in [7, 11) is 1.62. The Morgan fingerprint density at radius 2 is 1.55 bits per heavy atom. The van der Waals surface area contributed by atoms with Crippen LogP contribution in [0.1, 0.15) is 50.3 Å². The van der Waals surface area contributed by atoms with Crippen molar-refractivity contribution in [2.75, 3.05) is 7.11 Å². The number of hydrogen-bond donors (Lipinski definition) is 0. The van der Waals surface area contributed by atoms with Crippen molar-refractivity contribution in [1.82, 2.24) is 4.98 Å². The molecular formula is C26H31F2NO2. The lowest BCUT2D eigenvalue weighted by Gasteiger charge is -2.05. The van der Waals surface area contributed by atoms with Gasteiger partial charge in [-0.3, -0.25) is 4.79 Å². The highest BCUT2D eigenvalue weighted by Gasteiger charge is 2.08. The van der Waals surface area contributed by atoms with Gasteiger partial charge in [0.25, 0.3) is 0 Å². The molecule has 0 bridgehead atoms. The van der Waals surface area contributed by atoms with Gasteiger partial charge in [-0.05, 0) is 43.0 Å². The summed E-state index contributed by atoms with van der Waals surface area (Å²) >= 11 is 0. The van der Waals surface area contributed by atoms with Gasteiger partial charge in [0.2, 0.25) is 5.88 Å². The number of rotatable bonds is 5. The predicted molar refractivity (Wildman–Crippen MR) is 121 cm³/mol. The highest BCUT2D eigenvalue weighted by atomic mass is 19.1. The van der Waals surface area contributed by atoms with E-state index >= 15 is 0 Å². The van der Waals surface area contributed by atoms with Crippen LogP contribution in [0, 0.1) is 11.6 Å². The van der Waals surface area contributed by atoms with Gasteiger partial charge < -0.3 is 4.74 Å². The maximum absolute atomic E-state index is 12.6. The van der Waals surface area contributed by atoms with E-state index in [1.165, 1.54) is 23.8 Å². The third-order valence-electron chi connectivity index (χ3n) is 4.74. The lowest BCUT2D eigenvalue weighted by Crippen LogP contribution is -2.03. The van der Waals surface area contributed by atoms with Gasteiger partial charge in [0.15, 0.2) is 0 Å². The summed E-state index contributed by atoms with van der Waals surface area (Å²) in [5.74, 6) is 0.0228. The van der Waals surface area contributed by atoms with Crippen LogP contribution in [-0.4, -0.2) is 17.9 Å². The molecule has 0 N–H and O–H groups in total. The first-order valence-corrected chi connectivity index (χ1v) is 10.3. The molecule has 0 fully saturated rings. The molecule has 1 heterocycles. The highest BCUT2D eigenvalue weighted by Crippen LogP contribution is 2.14. The van der Waals surface area contributed by atoms with Gasteiger partial charge in [0.1, 0.15) is 17.4 Å². The second-order valence-corrected chi connectivity index (χ2v) is 6.86. The maximum atomic E-state index is 12.6. The molecule has 0 saturated heterocycles. The number of ketones is 1. The van der Waals surface area contributed by atoms with Crippen LogP contribution < -0.4 is 4.74 Å². The molecule has 3 nitrogen and oxygen atoms in total. The number of Topliss-reactive ketones (excluding diaryl/α,β-unsaturated/α-hetero) is 1. The van der Waals surface area contributed by atoms with Gasteiger partial charge in [-0.15, -0.1) is 0 Å². The Kier molecular flexibility index (Phi) is 11.7. The summed E-state index contributed by atoms with van der Waals surface area (Å²) < 4.78 is 30.1. The molecule has 1 atom stereocenters. The minimum Gasteiger partial charge on any atom is -0.481 e. The minimum absolute atomic E-state index is 0.0381. The van der Waals surface area contributed by atoms with Crippen molar-refractivity contribution in [3.8, 4) is 5.88 Å². The van der Waals surface area contributed by atoms with Crippen LogP contribution in [0.15, 0.2) is 66.9 Å². The molecule has 1 aromatic heterocycles. The zero-order valence-corrected chi connectivity index (χ0v) is 18.9. The monoisotopic (exact) mass is 427 g/mol. The zero-order chi connectivity index (χ0) is 23.2. The standard InChI is InChI=1S/C10H12O.C8H8F2.C8H11NO/c1-8(9(2)11)10-6-4-3-5-7-10;1-2-6-7(9)4-3-5-8(6)10;1-3-7-4-5-8(10-2)9-6-7/h3-8H,1-2H3;3-5H,2H2,1H3;4-6H,3H2,1-2H3/t8-;;/m0../s1. The molecule has 0 radical (unpaired) electrons. The normalized spacial score (nSPS) is 10.7. The third-order valence-corrected chi connectivity index (χ3v) is 4.74. The second kappa shape index (κ2) is 14.0. The van der Waals surface area contributed by atoms with Crippen LogP contribution in [0.25, 0.3) is 0 Å². The summed E-state index contributed by atoms with van der Waals surface area (Å²) in [6.45, 7) is 7.38. The lowest BCUT2D eigenvalue weighted by atomic mass is 9.98. The number of methoxy groups -OCH3 is 1. The van der Waals surface area contributed by atoms with E-state index in [-0.39, 0.29) is 17.3 Å². The van der Waals surface area contributed by atoms with E-state index in [4.69, 9.17) is 4.74 Å². The number of benzene rings is 2. The van der Waals surface area contributed by atoms with E-state index in [0.717, 1.165) is 12.0 Å². The second-order valence-electron chi connectivity index (χ2n) is 6.86. The number of ether oxygens (including phenoxy) is 1. The Hall–Kier alpha value is -3.08. The number of carbonyl (C=O) groups is 1. The summed E-state index contributed by atoms with van der Waals surface area (Å²) in [4.78, 5) is 15.0. The molecule has 0 spiro atoms.